The number of nitrogens with zero attached hydrogens (tertiary/aromatic N) is 4. The lowest BCUT2D eigenvalue weighted by atomic mass is 10.1. The van der Waals surface area contributed by atoms with Crippen LogP contribution in [0.15, 0.2) is 15.7 Å². The lowest BCUT2D eigenvalue weighted by Gasteiger charge is -2.37. The topological polar surface area (TPSA) is 84.6 Å². The van der Waals surface area contributed by atoms with Crippen LogP contribution in [0.25, 0.3) is 0 Å². The van der Waals surface area contributed by atoms with Gasteiger partial charge in [-0.05, 0) is 13.3 Å². The number of carbonyl (C=O) groups excluding carboxylic acids is 2. The van der Waals surface area contributed by atoms with Gasteiger partial charge in [0.25, 0.3) is 5.56 Å². The zero-order valence-electron chi connectivity index (χ0n) is 13.9. The van der Waals surface area contributed by atoms with Crippen molar-refractivity contribution in [2.75, 3.05) is 6.54 Å². The first-order valence-corrected chi connectivity index (χ1v) is 7.64. The fourth-order valence-corrected chi connectivity index (χ4v) is 2.59. The molecule has 8 heteroatoms. The molecule has 2 heterocycles. The van der Waals surface area contributed by atoms with E-state index in [1.54, 1.807) is 4.90 Å². The SMILES string of the molecule is CCC(C)N1CCC(=O)N(Cc2cc(=O)n(C)c(=O)n2C)C1=O. The van der Waals surface area contributed by atoms with Crippen molar-refractivity contribution in [1.82, 2.24) is 18.9 Å². The van der Waals surface area contributed by atoms with Gasteiger partial charge in [0, 0.05) is 44.9 Å². The third kappa shape index (κ3) is 3.06. The Balaban J connectivity index is 2.35. The van der Waals surface area contributed by atoms with Crippen LogP contribution in [0.3, 0.4) is 0 Å². The van der Waals surface area contributed by atoms with Crippen LogP contribution >= 0.6 is 0 Å². The molecule has 1 unspecified atom stereocenters. The summed E-state index contributed by atoms with van der Waals surface area (Å²) in [7, 11) is 2.90. The summed E-state index contributed by atoms with van der Waals surface area (Å²) >= 11 is 0. The number of amides is 3. The first-order chi connectivity index (χ1) is 10.8. The first-order valence-electron chi connectivity index (χ1n) is 7.64. The van der Waals surface area contributed by atoms with Gasteiger partial charge < -0.3 is 4.90 Å². The summed E-state index contributed by atoms with van der Waals surface area (Å²) < 4.78 is 2.26. The molecule has 0 radical (unpaired) electrons. The van der Waals surface area contributed by atoms with Crippen LogP contribution in [0.2, 0.25) is 0 Å². The van der Waals surface area contributed by atoms with E-state index < -0.39 is 11.2 Å². The van der Waals surface area contributed by atoms with Gasteiger partial charge in [-0.2, -0.15) is 0 Å². The number of hydrogen-bond acceptors (Lipinski definition) is 4. The molecule has 0 bridgehead atoms. The van der Waals surface area contributed by atoms with E-state index in [1.165, 1.54) is 24.7 Å². The van der Waals surface area contributed by atoms with Gasteiger partial charge in [0.05, 0.1) is 6.54 Å². The normalized spacial score (nSPS) is 16.9. The molecule has 23 heavy (non-hydrogen) atoms. The molecule has 1 aromatic rings. The third-order valence-corrected chi connectivity index (χ3v) is 4.41. The Labute approximate surface area is 133 Å². The second kappa shape index (κ2) is 6.39. The van der Waals surface area contributed by atoms with Crippen molar-refractivity contribution in [2.45, 2.75) is 39.3 Å². The van der Waals surface area contributed by atoms with Crippen molar-refractivity contribution in [1.29, 1.82) is 0 Å². The summed E-state index contributed by atoms with van der Waals surface area (Å²) in [5, 5.41) is 0. The number of carbonyl (C=O) groups is 2. The molecule has 1 aromatic heterocycles. The Kier molecular flexibility index (Phi) is 4.72. The second-order valence-electron chi connectivity index (χ2n) is 5.84. The summed E-state index contributed by atoms with van der Waals surface area (Å²) in [5.74, 6) is -0.289. The monoisotopic (exact) mass is 322 g/mol. The van der Waals surface area contributed by atoms with E-state index in [4.69, 9.17) is 0 Å². The molecule has 2 rings (SSSR count). The number of rotatable bonds is 4. The molecule has 0 aliphatic carbocycles. The van der Waals surface area contributed by atoms with Gasteiger partial charge in [0.15, 0.2) is 0 Å². The van der Waals surface area contributed by atoms with E-state index >= 15 is 0 Å². The lowest BCUT2D eigenvalue weighted by Crippen LogP contribution is -2.55. The average Bonchev–Trinajstić information content (AvgIpc) is 2.53. The third-order valence-electron chi connectivity index (χ3n) is 4.41. The molecular weight excluding hydrogens is 300 g/mol. The maximum Gasteiger partial charge on any atom is 0.330 e. The van der Waals surface area contributed by atoms with Crippen molar-refractivity contribution in [3.05, 3.63) is 32.6 Å². The molecule has 3 amide bonds. The van der Waals surface area contributed by atoms with E-state index in [9.17, 15) is 19.2 Å². The zero-order valence-corrected chi connectivity index (χ0v) is 13.9. The number of hydrogen-bond donors (Lipinski definition) is 0. The molecule has 1 saturated heterocycles. The number of aromatic nitrogens is 2. The van der Waals surface area contributed by atoms with E-state index in [0.29, 0.717) is 12.2 Å². The highest BCUT2D eigenvalue weighted by atomic mass is 16.2. The van der Waals surface area contributed by atoms with Gasteiger partial charge in [0.1, 0.15) is 0 Å². The number of imide groups is 1. The average molecular weight is 322 g/mol. The number of urea groups is 1. The Hall–Kier alpha value is -2.38. The van der Waals surface area contributed by atoms with Gasteiger partial charge in [-0.1, -0.05) is 6.92 Å². The van der Waals surface area contributed by atoms with Crippen molar-refractivity contribution in [2.24, 2.45) is 14.1 Å². The van der Waals surface area contributed by atoms with Crippen LogP contribution < -0.4 is 11.2 Å². The molecule has 0 spiro atoms. The Morgan fingerprint density at radius 3 is 2.39 bits per heavy atom. The fraction of sp³-hybridized carbons (Fsp3) is 0.600. The molecule has 1 atom stereocenters. The van der Waals surface area contributed by atoms with Crippen molar-refractivity contribution >= 4 is 11.9 Å². The van der Waals surface area contributed by atoms with Crippen LogP contribution in [0.4, 0.5) is 4.79 Å². The zero-order chi connectivity index (χ0) is 17.3. The Bertz CT molecular complexity index is 749. The van der Waals surface area contributed by atoms with Gasteiger partial charge in [-0.25, -0.2) is 9.59 Å². The van der Waals surface area contributed by atoms with Crippen LogP contribution in [-0.2, 0) is 25.4 Å². The van der Waals surface area contributed by atoms with Gasteiger partial charge in [-0.15, -0.1) is 0 Å². The molecule has 0 N–H and O–H groups in total. The van der Waals surface area contributed by atoms with Crippen LogP contribution in [0, 0.1) is 0 Å². The molecule has 0 aromatic carbocycles. The molecular formula is C15H22N4O4. The van der Waals surface area contributed by atoms with E-state index in [1.807, 2.05) is 13.8 Å². The van der Waals surface area contributed by atoms with Crippen molar-refractivity contribution < 1.29 is 9.59 Å². The predicted octanol–water partition coefficient (Wildman–Crippen LogP) is 0.0368. The lowest BCUT2D eigenvalue weighted by molar-refractivity contribution is -0.132. The van der Waals surface area contributed by atoms with E-state index in [2.05, 4.69) is 0 Å². The summed E-state index contributed by atoms with van der Waals surface area (Å²) in [6.45, 7) is 4.23. The van der Waals surface area contributed by atoms with E-state index in [0.717, 1.165) is 15.9 Å². The molecule has 1 aliphatic heterocycles. The summed E-state index contributed by atoms with van der Waals surface area (Å²) in [6, 6.07) is 0.943. The molecule has 1 fully saturated rings. The minimum atomic E-state index is -0.483. The Morgan fingerprint density at radius 1 is 1.13 bits per heavy atom. The van der Waals surface area contributed by atoms with Gasteiger partial charge in [-0.3, -0.25) is 23.6 Å². The summed E-state index contributed by atoms with van der Waals surface area (Å²) in [4.78, 5) is 51.2. The van der Waals surface area contributed by atoms with Gasteiger partial charge >= 0.3 is 11.7 Å². The highest BCUT2D eigenvalue weighted by Gasteiger charge is 2.34. The van der Waals surface area contributed by atoms with Crippen molar-refractivity contribution in [3.63, 3.8) is 0 Å². The highest BCUT2D eigenvalue weighted by molar-refractivity contribution is 5.96. The standard InChI is InChI=1S/C15H22N4O4/c1-5-10(2)18-7-6-12(20)19(15(18)23)9-11-8-13(21)17(4)14(22)16(11)3/h8,10H,5-7,9H2,1-4H3. The largest absolute Gasteiger partial charge is 0.330 e. The van der Waals surface area contributed by atoms with Crippen LogP contribution in [-0.4, -0.2) is 43.5 Å². The maximum atomic E-state index is 12.5. The maximum absolute atomic E-state index is 12.5. The Morgan fingerprint density at radius 2 is 1.78 bits per heavy atom. The van der Waals surface area contributed by atoms with Crippen LogP contribution in [0.1, 0.15) is 32.4 Å². The fourth-order valence-electron chi connectivity index (χ4n) is 2.59. The van der Waals surface area contributed by atoms with Gasteiger partial charge in [0.2, 0.25) is 5.91 Å². The summed E-state index contributed by atoms with van der Waals surface area (Å²) in [5.41, 5.74) is -0.604. The predicted molar refractivity (Wildman–Crippen MR) is 83.9 cm³/mol. The smallest absolute Gasteiger partial charge is 0.321 e. The highest BCUT2D eigenvalue weighted by Crippen LogP contribution is 2.17. The molecule has 0 saturated carbocycles. The first kappa shape index (κ1) is 17.0. The van der Waals surface area contributed by atoms with Crippen molar-refractivity contribution in [3.8, 4) is 0 Å². The van der Waals surface area contributed by atoms with E-state index in [-0.39, 0.29) is 30.9 Å². The molecule has 1 aliphatic rings. The summed E-state index contributed by atoms with van der Waals surface area (Å²) in [6.07, 6.45) is 1.03. The second-order valence-corrected chi connectivity index (χ2v) is 5.84. The quantitative estimate of drug-likeness (QED) is 0.783. The molecule has 8 nitrogen and oxygen atoms in total. The minimum absolute atomic E-state index is 0.0329. The minimum Gasteiger partial charge on any atom is -0.321 e. The molecule has 126 valence electrons. The van der Waals surface area contributed by atoms with Crippen LogP contribution in [0.5, 0.6) is 0 Å².